The molecule has 0 heterocycles. The number of aliphatic carboxylic acids is 1. The van der Waals surface area contributed by atoms with E-state index >= 15 is 0 Å². The van der Waals surface area contributed by atoms with Crippen LogP contribution in [0.4, 0.5) is 0 Å². The highest BCUT2D eigenvalue weighted by atomic mass is 79.9. The van der Waals surface area contributed by atoms with Crippen LogP contribution in [0.2, 0.25) is 0 Å². The first-order valence-electron chi connectivity index (χ1n) is 6.63. The molecular formula is C15H21BrO4. The average Bonchev–Trinajstić information content (AvgIpc) is 2.31. The van der Waals surface area contributed by atoms with Gasteiger partial charge in [0, 0.05) is 9.89 Å². The second-order valence-electron chi connectivity index (χ2n) is 5.10. The van der Waals surface area contributed by atoms with Gasteiger partial charge in [-0.1, -0.05) is 29.8 Å². The second kappa shape index (κ2) is 6.97. The smallest absolute Gasteiger partial charge is 0.304 e. The van der Waals surface area contributed by atoms with Crippen LogP contribution in [0.25, 0.3) is 0 Å². The van der Waals surface area contributed by atoms with Gasteiger partial charge in [-0.15, -0.1) is 0 Å². The van der Waals surface area contributed by atoms with E-state index in [0.29, 0.717) is 24.7 Å². The number of carboxylic acid groups (broad SMARTS) is 1. The molecule has 0 spiro atoms. The third kappa shape index (κ3) is 4.13. The SMILES string of the molecule is CCOc1cc(Br)c(C(C)(C)CC(=O)O)cc1OCC. The Bertz CT molecular complexity index is 483. The molecule has 1 N–H and O–H groups in total. The fourth-order valence-electron chi connectivity index (χ4n) is 2.06. The van der Waals surface area contributed by atoms with E-state index in [2.05, 4.69) is 15.9 Å². The summed E-state index contributed by atoms with van der Waals surface area (Å²) in [6, 6.07) is 3.70. The van der Waals surface area contributed by atoms with E-state index in [9.17, 15) is 4.79 Å². The van der Waals surface area contributed by atoms with Gasteiger partial charge in [-0.3, -0.25) is 4.79 Å². The number of benzene rings is 1. The van der Waals surface area contributed by atoms with Gasteiger partial charge in [0.2, 0.25) is 0 Å². The summed E-state index contributed by atoms with van der Waals surface area (Å²) in [5.41, 5.74) is 0.396. The third-order valence-electron chi connectivity index (χ3n) is 2.96. The summed E-state index contributed by atoms with van der Waals surface area (Å²) in [5, 5.41) is 9.04. The molecule has 0 aliphatic rings. The van der Waals surface area contributed by atoms with Crippen molar-refractivity contribution < 1.29 is 19.4 Å². The van der Waals surface area contributed by atoms with Gasteiger partial charge < -0.3 is 14.6 Å². The molecule has 1 aromatic rings. The van der Waals surface area contributed by atoms with Crippen LogP contribution in [0.5, 0.6) is 11.5 Å². The monoisotopic (exact) mass is 344 g/mol. The average molecular weight is 345 g/mol. The predicted molar refractivity (Wildman–Crippen MR) is 81.8 cm³/mol. The number of rotatable bonds is 7. The summed E-state index contributed by atoms with van der Waals surface area (Å²) >= 11 is 3.50. The van der Waals surface area contributed by atoms with E-state index in [4.69, 9.17) is 14.6 Å². The number of hydrogen-bond donors (Lipinski definition) is 1. The minimum atomic E-state index is -0.825. The standard InChI is InChI=1S/C15H21BrO4/c1-5-19-12-7-10(15(3,4)9-14(17)18)11(16)8-13(12)20-6-2/h7-8H,5-6,9H2,1-4H3,(H,17,18). The molecule has 1 aromatic carbocycles. The summed E-state index contributed by atoms with van der Waals surface area (Å²) in [6.07, 6.45) is 0.0468. The largest absolute Gasteiger partial charge is 0.490 e. The van der Waals surface area contributed by atoms with Gasteiger partial charge in [0.15, 0.2) is 11.5 Å². The molecule has 20 heavy (non-hydrogen) atoms. The lowest BCUT2D eigenvalue weighted by atomic mass is 9.81. The van der Waals surface area contributed by atoms with Gasteiger partial charge in [0.1, 0.15) is 0 Å². The fourth-order valence-corrected chi connectivity index (χ4v) is 2.92. The molecule has 0 saturated heterocycles. The molecule has 0 amide bonds. The van der Waals surface area contributed by atoms with Gasteiger partial charge in [0.05, 0.1) is 19.6 Å². The molecule has 5 heteroatoms. The van der Waals surface area contributed by atoms with Crippen LogP contribution in [-0.4, -0.2) is 24.3 Å². The van der Waals surface area contributed by atoms with Gasteiger partial charge in [0.25, 0.3) is 0 Å². The Kier molecular flexibility index (Phi) is 5.87. The molecule has 0 radical (unpaired) electrons. The topological polar surface area (TPSA) is 55.8 Å². The fraction of sp³-hybridized carbons (Fsp3) is 0.533. The summed E-state index contributed by atoms with van der Waals surface area (Å²) < 4.78 is 12.0. The van der Waals surface area contributed by atoms with Crippen molar-refractivity contribution in [1.82, 2.24) is 0 Å². The van der Waals surface area contributed by atoms with Crippen molar-refractivity contribution >= 4 is 21.9 Å². The van der Waals surface area contributed by atoms with Crippen molar-refractivity contribution in [2.75, 3.05) is 13.2 Å². The molecule has 0 bridgehead atoms. The van der Waals surface area contributed by atoms with Crippen LogP contribution in [0.15, 0.2) is 16.6 Å². The van der Waals surface area contributed by atoms with Crippen LogP contribution in [0, 0.1) is 0 Å². The number of hydrogen-bond acceptors (Lipinski definition) is 3. The van der Waals surface area contributed by atoms with Crippen LogP contribution < -0.4 is 9.47 Å². The van der Waals surface area contributed by atoms with E-state index < -0.39 is 11.4 Å². The van der Waals surface area contributed by atoms with E-state index in [1.54, 1.807) is 0 Å². The molecule has 0 aliphatic heterocycles. The molecule has 1 rings (SSSR count). The maximum absolute atomic E-state index is 11.0. The highest BCUT2D eigenvalue weighted by Crippen LogP contribution is 2.40. The quantitative estimate of drug-likeness (QED) is 0.812. The molecule has 0 atom stereocenters. The van der Waals surface area contributed by atoms with Crippen LogP contribution in [-0.2, 0) is 10.2 Å². The Morgan fingerprint density at radius 3 is 2.15 bits per heavy atom. The molecule has 0 aliphatic carbocycles. The van der Waals surface area contributed by atoms with Gasteiger partial charge in [-0.05, 0) is 31.5 Å². The Hall–Kier alpha value is -1.23. The van der Waals surface area contributed by atoms with Crippen LogP contribution >= 0.6 is 15.9 Å². The molecule has 0 fully saturated rings. The first kappa shape index (κ1) is 16.8. The zero-order valence-electron chi connectivity index (χ0n) is 12.3. The van der Waals surface area contributed by atoms with Crippen molar-refractivity contribution in [2.45, 2.75) is 39.5 Å². The minimum Gasteiger partial charge on any atom is -0.490 e. The van der Waals surface area contributed by atoms with Crippen molar-refractivity contribution in [1.29, 1.82) is 0 Å². The predicted octanol–water partition coefficient (Wildman–Crippen LogP) is 4.00. The van der Waals surface area contributed by atoms with Crippen molar-refractivity contribution in [2.24, 2.45) is 0 Å². The maximum atomic E-state index is 11.0. The lowest BCUT2D eigenvalue weighted by Gasteiger charge is -2.26. The second-order valence-corrected chi connectivity index (χ2v) is 5.95. The summed E-state index contributed by atoms with van der Waals surface area (Å²) in [4.78, 5) is 11.0. The first-order valence-corrected chi connectivity index (χ1v) is 7.42. The zero-order valence-corrected chi connectivity index (χ0v) is 13.9. The van der Waals surface area contributed by atoms with E-state index in [1.165, 1.54) is 0 Å². The Balaban J connectivity index is 3.26. The molecule has 112 valence electrons. The number of carboxylic acids is 1. The summed E-state index contributed by atoms with van der Waals surface area (Å²) in [5.74, 6) is 0.482. The number of carbonyl (C=O) groups is 1. The Morgan fingerprint density at radius 1 is 1.20 bits per heavy atom. The normalized spacial score (nSPS) is 11.2. The van der Waals surface area contributed by atoms with Crippen LogP contribution in [0.3, 0.4) is 0 Å². The van der Waals surface area contributed by atoms with Crippen molar-refractivity contribution in [3.63, 3.8) is 0 Å². The van der Waals surface area contributed by atoms with Crippen LogP contribution in [0.1, 0.15) is 39.7 Å². The van der Waals surface area contributed by atoms with E-state index in [-0.39, 0.29) is 6.42 Å². The highest BCUT2D eigenvalue weighted by Gasteiger charge is 2.28. The molecule has 0 saturated carbocycles. The maximum Gasteiger partial charge on any atom is 0.304 e. The third-order valence-corrected chi connectivity index (χ3v) is 3.61. The van der Waals surface area contributed by atoms with E-state index in [1.807, 2.05) is 39.8 Å². The van der Waals surface area contributed by atoms with Crippen molar-refractivity contribution in [3.05, 3.63) is 22.2 Å². The Labute approximate surface area is 128 Å². The lowest BCUT2D eigenvalue weighted by Crippen LogP contribution is -2.22. The minimum absolute atomic E-state index is 0.0468. The molecular weight excluding hydrogens is 324 g/mol. The number of halogens is 1. The summed E-state index contributed by atoms with van der Waals surface area (Å²) in [7, 11) is 0. The zero-order chi connectivity index (χ0) is 15.3. The van der Waals surface area contributed by atoms with Gasteiger partial charge >= 0.3 is 5.97 Å². The van der Waals surface area contributed by atoms with Gasteiger partial charge in [-0.25, -0.2) is 0 Å². The number of ether oxygens (including phenoxy) is 2. The summed E-state index contributed by atoms with van der Waals surface area (Å²) in [6.45, 7) is 8.69. The molecule has 0 unspecified atom stereocenters. The first-order chi connectivity index (χ1) is 9.31. The highest BCUT2D eigenvalue weighted by molar-refractivity contribution is 9.10. The molecule has 0 aromatic heterocycles. The van der Waals surface area contributed by atoms with Gasteiger partial charge in [-0.2, -0.15) is 0 Å². The van der Waals surface area contributed by atoms with Crippen molar-refractivity contribution in [3.8, 4) is 11.5 Å². The Morgan fingerprint density at radius 2 is 1.70 bits per heavy atom. The lowest BCUT2D eigenvalue weighted by molar-refractivity contribution is -0.138. The van der Waals surface area contributed by atoms with E-state index in [0.717, 1.165) is 10.0 Å². The molecule has 4 nitrogen and oxygen atoms in total.